The van der Waals surface area contributed by atoms with Gasteiger partial charge in [0, 0.05) is 17.0 Å². The van der Waals surface area contributed by atoms with Crippen LogP contribution in [0.1, 0.15) is 37.1 Å². The molecule has 0 aliphatic carbocycles. The molecule has 0 saturated carbocycles. The molecule has 1 aromatic heterocycles. The van der Waals surface area contributed by atoms with Crippen molar-refractivity contribution in [2.24, 2.45) is 5.73 Å². The number of hydrogen-bond donors (Lipinski definition) is 1. The summed E-state index contributed by atoms with van der Waals surface area (Å²) >= 11 is 1.18. The van der Waals surface area contributed by atoms with Crippen molar-refractivity contribution in [3.63, 3.8) is 0 Å². The van der Waals surface area contributed by atoms with Crippen molar-refractivity contribution in [1.82, 2.24) is 0 Å². The molecule has 0 unspecified atom stereocenters. The second-order valence-corrected chi connectivity index (χ2v) is 4.28. The number of thiophene rings is 1. The van der Waals surface area contributed by atoms with E-state index < -0.39 is 0 Å². The number of nitrogens with two attached hydrogens (primary N) is 1. The van der Waals surface area contributed by atoms with Gasteiger partial charge in [-0.05, 0) is 12.5 Å². The lowest BCUT2D eigenvalue weighted by molar-refractivity contribution is -0.380. The Labute approximate surface area is 86.9 Å². The first-order valence-electron chi connectivity index (χ1n) is 4.65. The molecule has 1 heterocycles. The lowest BCUT2D eigenvalue weighted by Gasteiger charge is -2.06. The number of rotatable bonds is 5. The van der Waals surface area contributed by atoms with Gasteiger partial charge in [0.2, 0.25) is 0 Å². The van der Waals surface area contributed by atoms with Crippen molar-refractivity contribution in [3.05, 3.63) is 27.1 Å². The third-order valence-corrected chi connectivity index (χ3v) is 3.20. The minimum atomic E-state index is -0.374. The summed E-state index contributed by atoms with van der Waals surface area (Å²) in [6.07, 6.45) is 3.06. The van der Waals surface area contributed by atoms with Crippen molar-refractivity contribution < 1.29 is 4.92 Å². The van der Waals surface area contributed by atoms with Gasteiger partial charge in [0.1, 0.15) is 0 Å². The normalized spacial score (nSPS) is 12.7. The van der Waals surface area contributed by atoms with E-state index in [2.05, 4.69) is 6.92 Å². The zero-order valence-corrected chi connectivity index (χ0v) is 8.92. The minimum Gasteiger partial charge on any atom is -0.323 e. The zero-order chi connectivity index (χ0) is 10.6. The Bertz CT molecular complexity index is 312. The molecule has 0 bridgehead atoms. The minimum absolute atomic E-state index is 0.0475. The van der Waals surface area contributed by atoms with E-state index in [4.69, 9.17) is 5.73 Å². The molecule has 2 N–H and O–H groups in total. The van der Waals surface area contributed by atoms with E-state index in [1.165, 1.54) is 17.4 Å². The van der Waals surface area contributed by atoms with E-state index in [0.29, 0.717) is 0 Å². The van der Waals surface area contributed by atoms with Gasteiger partial charge in [-0.15, -0.1) is 0 Å². The van der Waals surface area contributed by atoms with Crippen LogP contribution in [0, 0.1) is 10.1 Å². The molecular formula is C9H14N2O2S. The Balaban J connectivity index is 2.61. The maximum Gasteiger partial charge on any atom is 0.324 e. The Morgan fingerprint density at radius 2 is 2.36 bits per heavy atom. The van der Waals surface area contributed by atoms with Gasteiger partial charge in [-0.25, -0.2) is 0 Å². The fraction of sp³-hybridized carbons (Fsp3) is 0.556. The summed E-state index contributed by atoms with van der Waals surface area (Å²) in [5, 5.41) is 10.6. The van der Waals surface area contributed by atoms with Gasteiger partial charge in [-0.3, -0.25) is 10.1 Å². The molecule has 0 aliphatic rings. The quantitative estimate of drug-likeness (QED) is 0.605. The van der Waals surface area contributed by atoms with Gasteiger partial charge in [0.15, 0.2) is 0 Å². The smallest absolute Gasteiger partial charge is 0.323 e. The summed E-state index contributed by atoms with van der Waals surface area (Å²) in [7, 11) is 0. The highest BCUT2D eigenvalue weighted by Gasteiger charge is 2.14. The maximum absolute atomic E-state index is 10.4. The van der Waals surface area contributed by atoms with Crippen LogP contribution in [-0.2, 0) is 0 Å². The zero-order valence-electron chi connectivity index (χ0n) is 8.10. The lowest BCUT2D eigenvalue weighted by atomic mass is 10.1. The van der Waals surface area contributed by atoms with Crippen LogP contribution in [0.2, 0.25) is 0 Å². The van der Waals surface area contributed by atoms with E-state index in [9.17, 15) is 10.1 Å². The Morgan fingerprint density at radius 3 is 2.86 bits per heavy atom. The Hall–Kier alpha value is -0.940. The topological polar surface area (TPSA) is 69.2 Å². The van der Waals surface area contributed by atoms with Crippen molar-refractivity contribution in [3.8, 4) is 0 Å². The predicted octanol–water partition coefficient (Wildman–Crippen LogP) is 2.85. The molecule has 0 aliphatic heterocycles. The molecule has 14 heavy (non-hydrogen) atoms. The fourth-order valence-electron chi connectivity index (χ4n) is 1.21. The molecule has 0 spiro atoms. The van der Waals surface area contributed by atoms with Crippen LogP contribution < -0.4 is 5.73 Å². The van der Waals surface area contributed by atoms with Crippen LogP contribution in [0.25, 0.3) is 0 Å². The maximum atomic E-state index is 10.4. The Kier molecular flexibility index (Phi) is 4.03. The molecule has 0 saturated heterocycles. The van der Waals surface area contributed by atoms with E-state index in [-0.39, 0.29) is 16.0 Å². The van der Waals surface area contributed by atoms with Gasteiger partial charge >= 0.3 is 5.00 Å². The van der Waals surface area contributed by atoms with Crippen LogP contribution in [0.5, 0.6) is 0 Å². The highest BCUT2D eigenvalue weighted by atomic mass is 32.1. The third-order valence-electron chi connectivity index (χ3n) is 2.03. The molecule has 0 fully saturated rings. The molecular weight excluding hydrogens is 200 g/mol. The molecule has 1 atom stereocenters. The van der Waals surface area contributed by atoms with Crippen molar-refractivity contribution in [1.29, 1.82) is 0 Å². The summed E-state index contributed by atoms with van der Waals surface area (Å²) in [6.45, 7) is 2.10. The average Bonchev–Trinajstić information content (AvgIpc) is 2.62. The number of nitro groups is 1. The Morgan fingerprint density at radius 1 is 1.64 bits per heavy atom. The molecule has 0 amide bonds. The highest BCUT2D eigenvalue weighted by Crippen LogP contribution is 2.29. The first-order chi connectivity index (χ1) is 6.65. The van der Waals surface area contributed by atoms with Gasteiger partial charge in [-0.1, -0.05) is 31.1 Å². The number of unbranched alkanes of at least 4 members (excludes halogenated alkanes) is 1. The summed E-state index contributed by atoms with van der Waals surface area (Å²) in [5.74, 6) is 0. The molecule has 1 aromatic rings. The van der Waals surface area contributed by atoms with Crippen LogP contribution in [0.3, 0.4) is 0 Å². The first-order valence-corrected chi connectivity index (χ1v) is 5.46. The molecule has 78 valence electrons. The predicted molar refractivity (Wildman–Crippen MR) is 57.4 cm³/mol. The van der Waals surface area contributed by atoms with Crippen molar-refractivity contribution >= 4 is 16.3 Å². The molecule has 5 heteroatoms. The van der Waals surface area contributed by atoms with Gasteiger partial charge in [0.25, 0.3) is 0 Å². The summed E-state index contributed by atoms with van der Waals surface area (Å²) in [4.78, 5) is 11.0. The molecule has 0 aromatic carbocycles. The molecule has 0 radical (unpaired) electrons. The van der Waals surface area contributed by atoms with Gasteiger partial charge in [0.05, 0.1) is 4.92 Å². The van der Waals surface area contributed by atoms with E-state index in [1.807, 2.05) is 0 Å². The average molecular weight is 214 g/mol. The van der Waals surface area contributed by atoms with Crippen molar-refractivity contribution in [2.45, 2.75) is 32.2 Å². The van der Waals surface area contributed by atoms with Crippen LogP contribution in [0.15, 0.2) is 12.1 Å². The van der Waals surface area contributed by atoms with Gasteiger partial charge < -0.3 is 5.73 Å². The largest absolute Gasteiger partial charge is 0.324 e. The monoisotopic (exact) mass is 214 g/mol. The highest BCUT2D eigenvalue weighted by molar-refractivity contribution is 7.15. The van der Waals surface area contributed by atoms with Crippen LogP contribution in [0.4, 0.5) is 5.00 Å². The van der Waals surface area contributed by atoms with Crippen LogP contribution >= 0.6 is 11.3 Å². The standard InChI is InChI=1S/C9H14N2O2S/c1-2-3-4-7(10)8-5-6-9(14-8)11(12)13/h5-7H,2-4,10H2,1H3/t7-/m0/s1. The van der Waals surface area contributed by atoms with Gasteiger partial charge in [-0.2, -0.15) is 0 Å². The van der Waals surface area contributed by atoms with Crippen LogP contribution in [-0.4, -0.2) is 4.92 Å². The van der Waals surface area contributed by atoms with E-state index >= 15 is 0 Å². The molecule has 4 nitrogen and oxygen atoms in total. The lowest BCUT2D eigenvalue weighted by Crippen LogP contribution is -2.07. The second-order valence-electron chi connectivity index (χ2n) is 3.18. The van der Waals surface area contributed by atoms with E-state index in [0.717, 1.165) is 24.1 Å². The molecule has 1 rings (SSSR count). The number of nitrogens with zero attached hydrogens (tertiary/aromatic N) is 1. The third kappa shape index (κ3) is 2.78. The SMILES string of the molecule is CCCC[C@H](N)c1ccc([N+](=O)[O-])s1. The fourth-order valence-corrected chi connectivity index (χ4v) is 2.06. The number of hydrogen-bond acceptors (Lipinski definition) is 4. The second kappa shape index (κ2) is 5.07. The van der Waals surface area contributed by atoms with E-state index in [1.54, 1.807) is 6.07 Å². The summed E-state index contributed by atoms with van der Waals surface area (Å²) < 4.78 is 0. The van der Waals surface area contributed by atoms with Crippen molar-refractivity contribution in [2.75, 3.05) is 0 Å². The summed E-state index contributed by atoms with van der Waals surface area (Å²) in [6, 6.07) is 3.23. The summed E-state index contributed by atoms with van der Waals surface area (Å²) in [5.41, 5.74) is 5.88. The first kappa shape index (κ1) is 11.1.